The van der Waals surface area contributed by atoms with E-state index in [4.69, 9.17) is 4.74 Å². The second-order valence-electron chi connectivity index (χ2n) is 6.21. The maximum Gasteiger partial charge on any atom is 0.415 e. The predicted octanol–water partition coefficient (Wildman–Crippen LogP) is 2.74. The highest BCUT2D eigenvalue weighted by molar-refractivity contribution is 5.94. The number of anilines is 1. The molecule has 2 unspecified atom stereocenters. The monoisotopic (exact) mass is 322 g/mol. The molecule has 0 spiro atoms. The third-order valence-electron chi connectivity index (χ3n) is 4.64. The Balaban J connectivity index is 1.62. The summed E-state index contributed by atoms with van der Waals surface area (Å²) >= 11 is 0. The lowest BCUT2D eigenvalue weighted by atomic mass is 10.00. The van der Waals surface area contributed by atoms with E-state index in [2.05, 4.69) is 23.5 Å². The molecule has 5 nitrogen and oxygen atoms in total. The minimum Gasteiger partial charge on any atom is -0.442 e. The summed E-state index contributed by atoms with van der Waals surface area (Å²) < 4.78 is 5.42. The highest BCUT2D eigenvalue weighted by Gasteiger charge is 2.47. The molecule has 2 aromatic carbocycles. The third kappa shape index (κ3) is 2.42. The van der Waals surface area contributed by atoms with E-state index < -0.39 is 0 Å². The molecule has 2 amide bonds. The standard InChI is InChI=1S/C19H18N2O3/c1-12(22)20-11-18-17-10-15-9-14(13-5-3-2-4-6-13)7-8-16(15)21(17)19(23)24-18/h2-9,17-18H,10-11H2,1H3,(H,20,22). The molecule has 5 heteroatoms. The van der Waals surface area contributed by atoms with Crippen LogP contribution in [-0.2, 0) is 16.0 Å². The van der Waals surface area contributed by atoms with Crippen molar-refractivity contribution < 1.29 is 14.3 Å². The van der Waals surface area contributed by atoms with Crippen molar-refractivity contribution in [1.82, 2.24) is 5.32 Å². The molecule has 1 N–H and O–H groups in total. The van der Waals surface area contributed by atoms with Gasteiger partial charge in [0.25, 0.3) is 0 Å². The van der Waals surface area contributed by atoms with Gasteiger partial charge in [0.2, 0.25) is 5.91 Å². The number of benzene rings is 2. The van der Waals surface area contributed by atoms with E-state index in [1.165, 1.54) is 6.92 Å². The lowest BCUT2D eigenvalue weighted by Crippen LogP contribution is -2.40. The van der Waals surface area contributed by atoms with Gasteiger partial charge < -0.3 is 10.1 Å². The van der Waals surface area contributed by atoms with Crippen molar-refractivity contribution >= 4 is 17.7 Å². The van der Waals surface area contributed by atoms with Gasteiger partial charge >= 0.3 is 6.09 Å². The second-order valence-corrected chi connectivity index (χ2v) is 6.21. The van der Waals surface area contributed by atoms with Crippen molar-refractivity contribution in [3.8, 4) is 11.1 Å². The number of amides is 2. The summed E-state index contributed by atoms with van der Waals surface area (Å²) in [6.07, 6.45) is 0.0990. The first-order chi connectivity index (χ1) is 11.6. The highest BCUT2D eigenvalue weighted by atomic mass is 16.6. The summed E-state index contributed by atoms with van der Waals surface area (Å²) in [6.45, 7) is 1.81. The Bertz CT molecular complexity index is 804. The van der Waals surface area contributed by atoms with E-state index in [0.29, 0.717) is 6.54 Å². The number of nitrogens with zero attached hydrogens (tertiary/aromatic N) is 1. The van der Waals surface area contributed by atoms with Crippen LogP contribution in [0.4, 0.5) is 10.5 Å². The van der Waals surface area contributed by atoms with Gasteiger partial charge in [0, 0.05) is 6.92 Å². The Hall–Kier alpha value is -2.82. The van der Waals surface area contributed by atoms with Gasteiger partial charge in [0.1, 0.15) is 6.10 Å². The summed E-state index contributed by atoms with van der Waals surface area (Å²) in [5.41, 5.74) is 4.35. The van der Waals surface area contributed by atoms with E-state index in [1.54, 1.807) is 4.90 Å². The zero-order valence-electron chi connectivity index (χ0n) is 13.4. The predicted molar refractivity (Wildman–Crippen MR) is 90.8 cm³/mol. The lowest BCUT2D eigenvalue weighted by molar-refractivity contribution is -0.119. The van der Waals surface area contributed by atoms with E-state index in [0.717, 1.165) is 28.8 Å². The first-order valence-corrected chi connectivity index (χ1v) is 8.06. The molecule has 2 aromatic rings. The first kappa shape index (κ1) is 14.8. The molecule has 1 saturated heterocycles. The molecule has 2 aliphatic heterocycles. The van der Waals surface area contributed by atoms with Crippen LogP contribution in [0.1, 0.15) is 12.5 Å². The van der Waals surface area contributed by atoms with Crippen LogP contribution in [0.25, 0.3) is 11.1 Å². The van der Waals surface area contributed by atoms with Gasteiger partial charge in [-0.15, -0.1) is 0 Å². The Morgan fingerprint density at radius 1 is 1.21 bits per heavy atom. The van der Waals surface area contributed by atoms with Gasteiger partial charge in [-0.1, -0.05) is 36.4 Å². The van der Waals surface area contributed by atoms with Crippen LogP contribution in [0.15, 0.2) is 48.5 Å². The molecule has 2 aliphatic rings. The average molecular weight is 322 g/mol. The quantitative estimate of drug-likeness (QED) is 0.945. The Morgan fingerprint density at radius 2 is 2.00 bits per heavy atom. The first-order valence-electron chi connectivity index (χ1n) is 8.06. The van der Waals surface area contributed by atoms with Crippen molar-refractivity contribution in [3.63, 3.8) is 0 Å². The largest absolute Gasteiger partial charge is 0.442 e. The Morgan fingerprint density at radius 3 is 2.75 bits per heavy atom. The van der Waals surface area contributed by atoms with Gasteiger partial charge in [0.15, 0.2) is 0 Å². The van der Waals surface area contributed by atoms with E-state index in [9.17, 15) is 9.59 Å². The van der Waals surface area contributed by atoms with Crippen LogP contribution in [0.3, 0.4) is 0 Å². The van der Waals surface area contributed by atoms with E-state index in [-0.39, 0.29) is 24.1 Å². The number of fused-ring (bicyclic) bond motifs is 3. The van der Waals surface area contributed by atoms with Gasteiger partial charge in [-0.05, 0) is 35.2 Å². The van der Waals surface area contributed by atoms with Crippen LogP contribution in [0, 0.1) is 0 Å². The molecule has 1 fully saturated rings. The fourth-order valence-electron chi connectivity index (χ4n) is 3.51. The maximum atomic E-state index is 12.2. The molecule has 122 valence electrons. The van der Waals surface area contributed by atoms with Crippen LogP contribution in [0.5, 0.6) is 0 Å². The molecule has 2 heterocycles. The summed E-state index contributed by atoms with van der Waals surface area (Å²) in [4.78, 5) is 25.1. The van der Waals surface area contributed by atoms with Crippen LogP contribution >= 0.6 is 0 Å². The number of cyclic esters (lactones) is 1. The highest BCUT2D eigenvalue weighted by Crippen LogP contribution is 2.40. The molecular formula is C19H18N2O3. The SMILES string of the molecule is CC(=O)NCC1OC(=O)N2c3ccc(-c4ccccc4)cc3CC12. The smallest absolute Gasteiger partial charge is 0.415 e. The Kier molecular flexibility index (Phi) is 3.49. The van der Waals surface area contributed by atoms with Gasteiger partial charge in [-0.25, -0.2) is 4.79 Å². The average Bonchev–Trinajstić information content (AvgIpc) is 3.11. The molecule has 0 saturated carbocycles. The van der Waals surface area contributed by atoms with Crippen molar-refractivity contribution in [2.75, 3.05) is 11.4 Å². The van der Waals surface area contributed by atoms with Crippen molar-refractivity contribution in [2.24, 2.45) is 0 Å². The molecule has 0 bridgehead atoms. The molecule has 0 aromatic heterocycles. The number of carbonyl (C=O) groups is 2. The van der Waals surface area contributed by atoms with Crippen LogP contribution in [0.2, 0.25) is 0 Å². The third-order valence-corrected chi connectivity index (χ3v) is 4.64. The van der Waals surface area contributed by atoms with Crippen molar-refractivity contribution in [2.45, 2.75) is 25.5 Å². The van der Waals surface area contributed by atoms with Crippen LogP contribution in [-0.4, -0.2) is 30.7 Å². The zero-order valence-corrected chi connectivity index (χ0v) is 13.4. The molecule has 2 atom stereocenters. The van der Waals surface area contributed by atoms with Gasteiger partial charge in [0.05, 0.1) is 18.3 Å². The lowest BCUT2D eigenvalue weighted by Gasteiger charge is -2.16. The number of hydrogen-bond donors (Lipinski definition) is 1. The second kappa shape index (κ2) is 5.67. The summed E-state index contributed by atoms with van der Waals surface area (Å²) in [7, 11) is 0. The zero-order chi connectivity index (χ0) is 16.7. The van der Waals surface area contributed by atoms with E-state index >= 15 is 0 Å². The fourth-order valence-corrected chi connectivity index (χ4v) is 3.51. The number of carbonyl (C=O) groups excluding carboxylic acids is 2. The van der Waals surface area contributed by atoms with Crippen molar-refractivity contribution in [3.05, 3.63) is 54.1 Å². The van der Waals surface area contributed by atoms with Gasteiger partial charge in [-0.2, -0.15) is 0 Å². The molecule has 4 rings (SSSR count). The summed E-state index contributed by atoms with van der Waals surface area (Å²) in [5.74, 6) is -0.119. The number of ether oxygens (including phenoxy) is 1. The normalized spacial score (nSPS) is 21.2. The minimum atomic E-state index is -0.332. The van der Waals surface area contributed by atoms with E-state index in [1.807, 2.05) is 30.3 Å². The molecule has 24 heavy (non-hydrogen) atoms. The molecular weight excluding hydrogens is 304 g/mol. The maximum absolute atomic E-state index is 12.2. The topological polar surface area (TPSA) is 58.6 Å². The van der Waals surface area contributed by atoms with Gasteiger partial charge in [-0.3, -0.25) is 9.69 Å². The minimum absolute atomic E-state index is 0.0506. The number of nitrogens with one attached hydrogen (secondary N) is 1. The van der Waals surface area contributed by atoms with Crippen LogP contribution < -0.4 is 10.2 Å². The fraction of sp³-hybridized carbons (Fsp3) is 0.263. The number of rotatable bonds is 3. The Labute approximate surface area is 140 Å². The van der Waals surface area contributed by atoms with Crippen molar-refractivity contribution in [1.29, 1.82) is 0 Å². The summed E-state index contributed by atoms with van der Waals surface area (Å²) in [6, 6.07) is 16.3. The summed E-state index contributed by atoms with van der Waals surface area (Å²) in [5, 5.41) is 2.74. The number of hydrogen-bond acceptors (Lipinski definition) is 3. The molecule has 0 aliphatic carbocycles. The molecule has 0 radical (unpaired) electrons.